The monoisotopic (exact) mass is 256 g/mol. The maximum atomic E-state index is 11.6. The van der Waals surface area contributed by atoms with Gasteiger partial charge in [-0.3, -0.25) is 0 Å². The smallest absolute Gasteiger partial charge is 0.156 e. The number of sulfone groups is 1. The van der Waals surface area contributed by atoms with Crippen LogP contribution in [0.1, 0.15) is 18.9 Å². The molecule has 0 aliphatic carbocycles. The summed E-state index contributed by atoms with van der Waals surface area (Å²) in [6.07, 6.45) is 1.48. The van der Waals surface area contributed by atoms with E-state index in [1.165, 1.54) is 0 Å². The van der Waals surface area contributed by atoms with Gasteiger partial charge in [-0.25, -0.2) is 8.42 Å². The molecule has 0 radical (unpaired) electrons. The van der Waals surface area contributed by atoms with E-state index in [0.717, 1.165) is 6.26 Å². The Morgan fingerprint density at radius 1 is 1.41 bits per heavy atom. The second-order valence-electron chi connectivity index (χ2n) is 3.83. The van der Waals surface area contributed by atoms with E-state index in [4.69, 9.17) is 10.9 Å². The van der Waals surface area contributed by atoms with Gasteiger partial charge in [-0.05, 0) is 18.6 Å². The van der Waals surface area contributed by atoms with E-state index >= 15 is 0 Å². The molecule has 0 aliphatic heterocycles. The van der Waals surface area contributed by atoms with E-state index in [2.05, 4.69) is 5.16 Å². The average Bonchev–Trinajstić information content (AvgIpc) is 2.25. The van der Waals surface area contributed by atoms with Crippen LogP contribution in [0.4, 0.5) is 5.69 Å². The molecule has 1 unspecified atom stereocenters. The molecule has 17 heavy (non-hydrogen) atoms. The summed E-state index contributed by atoms with van der Waals surface area (Å²) in [4.78, 5) is 0. The summed E-state index contributed by atoms with van der Waals surface area (Å²) in [5.41, 5.74) is 6.81. The van der Waals surface area contributed by atoms with Crippen LogP contribution in [-0.2, 0) is 9.84 Å². The fourth-order valence-corrected chi connectivity index (χ4v) is 2.86. The molecule has 1 rings (SSSR count). The first-order valence-electron chi connectivity index (χ1n) is 5.16. The van der Waals surface area contributed by atoms with Gasteiger partial charge < -0.3 is 10.9 Å². The van der Waals surface area contributed by atoms with Crippen molar-refractivity contribution < 1.29 is 13.6 Å². The van der Waals surface area contributed by atoms with E-state index in [1.807, 2.05) is 0 Å². The van der Waals surface area contributed by atoms with Crippen molar-refractivity contribution in [2.24, 2.45) is 5.16 Å². The SMILES string of the molecule is CCC(/C(=N/O)c1ccc(N)cc1)S(C)(=O)=O. The molecule has 0 bridgehead atoms. The standard InChI is InChI=1S/C11H16N2O3S/c1-3-10(17(2,15)16)11(13-14)8-4-6-9(12)7-5-8/h4-7,10,14H,3,12H2,1-2H3/b13-11+. The second-order valence-corrected chi connectivity index (χ2v) is 6.06. The molecular weight excluding hydrogens is 240 g/mol. The predicted molar refractivity (Wildman–Crippen MR) is 68.1 cm³/mol. The zero-order chi connectivity index (χ0) is 13.1. The van der Waals surface area contributed by atoms with Gasteiger partial charge in [0.25, 0.3) is 0 Å². The van der Waals surface area contributed by atoms with Crippen LogP contribution >= 0.6 is 0 Å². The first kappa shape index (κ1) is 13.5. The lowest BCUT2D eigenvalue weighted by Gasteiger charge is -2.14. The van der Waals surface area contributed by atoms with Crippen molar-refractivity contribution in [2.45, 2.75) is 18.6 Å². The van der Waals surface area contributed by atoms with E-state index in [9.17, 15) is 8.42 Å². The summed E-state index contributed by atoms with van der Waals surface area (Å²) in [5.74, 6) is 0. The number of benzene rings is 1. The molecule has 0 aromatic heterocycles. The number of nitrogen functional groups attached to an aromatic ring is 1. The molecule has 0 aliphatic rings. The van der Waals surface area contributed by atoms with Gasteiger partial charge in [0, 0.05) is 17.5 Å². The van der Waals surface area contributed by atoms with Crippen LogP contribution in [0.2, 0.25) is 0 Å². The molecule has 0 spiro atoms. The van der Waals surface area contributed by atoms with Crippen LogP contribution in [-0.4, -0.2) is 30.8 Å². The van der Waals surface area contributed by atoms with Gasteiger partial charge in [-0.1, -0.05) is 24.2 Å². The Balaban J connectivity index is 3.20. The highest BCUT2D eigenvalue weighted by Crippen LogP contribution is 2.15. The fourth-order valence-electron chi connectivity index (χ4n) is 1.66. The Hall–Kier alpha value is -1.56. The predicted octanol–water partition coefficient (Wildman–Crippen LogP) is 1.27. The third-order valence-electron chi connectivity index (χ3n) is 2.51. The molecule has 3 N–H and O–H groups in total. The molecule has 1 aromatic rings. The summed E-state index contributed by atoms with van der Waals surface area (Å²) in [5, 5.41) is 11.3. The topological polar surface area (TPSA) is 92.8 Å². The van der Waals surface area contributed by atoms with Crippen LogP contribution in [0.3, 0.4) is 0 Å². The fraction of sp³-hybridized carbons (Fsp3) is 0.364. The van der Waals surface area contributed by atoms with Crippen molar-refractivity contribution in [2.75, 3.05) is 12.0 Å². The first-order valence-corrected chi connectivity index (χ1v) is 7.12. The third kappa shape index (κ3) is 3.20. The Bertz CT molecular complexity index is 506. The molecular formula is C11H16N2O3S. The van der Waals surface area contributed by atoms with Crippen LogP contribution in [0.5, 0.6) is 0 Å². The lowest BCUT2D eigenvalue weighted by atomic mass is 10.1. The lowest BCUT2D eigenvalue weighted by Crippen LogP contribution is -2.29. The molecule has 0 fully saturated rings. The number of nitrogens with zero attached hydrogens (tertiary/aromatic N) is 1. The molecule has 1 atom stereocenters. The Morgan fingerprint density at radius 3 is 2.29 bits per heavy atom. The Labute approximate surface area is 101 Å². The van der Waals surface area contributed by atoms with Crippen LogP contribution in [0.25, 0.3) is 0 Å². The van der Waals surface area contributed by atoms with Crippen LogP contribution in [0, 0.1) is 0 Å². The summed E-state index contributed by atoms with van der Waals surface area (Å²) >= 11 is 0. The van der Waals surface area contributed by atoms with Gasteiger partial charge >= 0.3 is 0 Å². The van der Waals surface area contributed by atoms with Gasteiger partial charge in [-0.15, -0.1) is 0 Å². The Kier molecular flexibility index (Phi) is 4.11. The third-order valence-corrected chi connectivity index (χ3v) is 4.10. The van der Waals surface area contributed by atoms with Crippen molar-refractivity contribution in [3.63, 3.8) is 0 Å². The molecule has 0 saturated heterocycles. The number of hydrogen-bond donors (Lipinski definition) is 2. The highest BCUT2D eigenvalue weighted by atomic mass is 32.2. The van der Waals surface area contributed by atoms with E-state index < -0.39 is 15.1 Å². The minimum Gasteiger partial charge on any atom is -0.411 e. The molecule has 94 valence electrons. The van der Waals surface area contributed by atoms with Gasteiger partial charge in [0.1, 0.15) is 11.0 Å². The number of anilines is 1. The van der Waals surface area contributed by atoms with Crippen molar-refractivity contribution in [3.8, 4) is 0 Å². The Morgan fingerprint density at radius 2 is 1.94 bits per heavy atom. The van der Waals surface area contributed by atoms with Gasteiger partial charge in [-0.2, -0.15) is 0 Å². The number of nitrogens with two attached hydrogens (primary N) is 1. The molecule has 6 heteroatoms. The minimum atomic E-state index is -3.31. The second kappa shape index (κ2) is 5.18. The van der Waals surface area contributed by atoms with Gasteiger partial charge in [0.2, 0.25) is 0 Å². The highest BCUT2D eigenvalue weighted by molar-refractivity contribution is 7.92. The molecule has 0 amide bonds. The van der Waals surface area contributed by atoms with Crippen molar-refractivity contribution in [1.29, 1.82) is 0 Å². The molecule has 0 saturated carbocycles. The largest absolute Gasteiger partial charge is 0.411 e. The maximum Gasteiger partial charge on any atom is 0.156 e. The van der Waals surface area contributed by atoms with Gasteiger partial charge in [0.15, 0.2) is 9.84 Å². The molecule has 1 aromatic carbocycles. The van der Waals surface area contributed by atoms with Crippen LogP contribution < -0.4 is 5.73 Å². The van der Waals surface area contributed by atoms with E-state index in [0.29, 0.717) is 17.7 Å². The quantitative estimate of drug-likeness (QED) is 0.367. The van der Waals surface area contributed by atoms with Crippen molar-refractivity contribution in [1.82, 2.24) is 0 Å². The summed E-state index contributed by atoms with van der Waals surface area (Å²) in [6.45, 7) is 1.73. The van der Waals surface area contributed by atoms with Crippen molar-refractivity contribution >= 4 is 21.2 Å². The van der Waals surface area contributed by atoms with Crippen molar-refractivity contribution in [3.05, 3.63) is 29.8 Å². The average molecular weight is 256 g/mol. The number of rotatable bonds is 4. The molecule has 0 heterocycles. The van der Waals surface area contributed by atoms with E-state index in [1.54, 1.807) is 31.2 Å². The van der Waals surface area contributed by atoms with Gasteiger partial charge in [0.05, 0.1) is 0 Å². The zero-order valence-corrected chi connectivity index (χ0v) is 10.6. The summed E-state index contributed by atoms with van der Waals surface area (Å²) in [7, 11) is -3.31. The summed E-state index contributed by atoms with van der Waals surface area (Å²) < 4.78 is 23.2. The number of hydrogen-bond acceptors (Lipinski definition) is 5. The highest BCUT2D eigenvalue weighted by Gasteiger charge is 2.26. The maximum absolute atomic E-state index is 11.6. The normalized spacial score (nSPS) is 14.6. The minimum absolute atomic E-state index is 0.148. The molecule has 5 nitrogen and oxygen atoms in total. The zero-order valence-electron chi connectivity index (χ0n) is 9.79. The lowest BCUT2D eigenvalue weighted by molar-refractivity contribution is 0.318. The van der Waals surface area contributed by atoms with E-state index in [-0.39, 0.29) is 5.71 Å². The summed E-state index contributed by atoms with van der Waals surface area (Å²) in [6, 6.07) is 6.54. The first-order chi connectivity index (χ1) is 7.90. The van der Waals surface area contributed by atoms with Crippen LogP contribution in [0.15, 0.2) is 29.4 Å². The number of oxime groups is 1.